The largest absolute Gasteiger partial charge is 0.448 e. The molecule has 7 heteroatoms. The number of amides is 1. The highest BCUT2D eigenvalue weighted by Crippen LogP contribution is 2.35. The molecular weight excluding hydrogens is 321 g/mol. The van der Waals surface area contributed by atoms with Crippen LogP contribution in [0.5, 0.6) is 0 Å². The number of benzene rings is 1. The van der Waals surface area contributed by atoms with Crippen molar-refractivity contribution in [2.75, 3.05) is 5.32 Å². The Morgan fingerprint density at radius 3 is 2.54 bits per heavy atom. The van der Waals surface area contributed by atoms with Gasteiger partial charge in [-0.25, -0.2) is 4.98 Å². The van der Waals surface area contributed by atoms with E-state index in [4.69, 9.17) is 4.42 Å². The maximum Gasteiger partial charge on any atom is 0.389 e. The van der Waals surface area contributed by atoms with Crippen LogP contribution in [0, 0.1) is 0 Å². The van der Waals surface area contributed by atoms with Gasteiger partial charge in [-0.2, -0.15) is 13.2 Å². The van der Waals surface area contributed by atoms with Crippen LogP contribution in [0.15, 0.2) is 34.9 Å². The van der Waals surface area contributed by atoms with Gasteiger partial charge in [0.25, 0.3) is 5.91 Å². The first-order chi connectivity index (χ1) is 11.4. The van der Waals surface area contributed by atoms with Gasteiger partial charge in [-0.1, -0.05) is 18.6 Å². The van der Waals surface area contributed by atoms with E-state index in [1.54, 1.807) is 24.3 Å². The van der Waals surface area contributed by atoms with Gasteiger partial charge < -0.3 is 9.73 Å². The van der Waals surface area contributed by atoms with Crippen LogP contribution in [0.1, 0.15) is 53.5 Å². The van der Waals surface area contributed by atoms with E-state index in [0.717, 1.165) is 19.3 Å². The number of aromatic nitrogens is 1. The minimum Gasteiger partial charge on any atom is -0.448 e. The number of anilines is 1. The number of hydrogen-bond acceptors (Lipinski definition) is 3. The quantitative estimate of drug-likeness (QED) is 0.860. The minimum absolute atomic E-state index is 0.0776. The number of aryl methyl sites for hydroxylation is 1. The van der Waals surface area contributed by atoms with Gasteiger partial charge in [-0.3, -0.25) is 4.79 Å². The Morgan fingerprint density at radius 1 is 1.25 bits per heavy atom. The van der Waals surface area contributed by atoms with Crippen molar-refractivity contribution in [3.63, 3.8) is 0 Å². The Labute approximate surface area is 137 Å². The fourth-order valence-corrected chi connectivity index (χ4v) is 2.47. The van der Waals surface area contributed by atoms with E-state index < -0.39 is 18.5 Å². The molecule has 2 aromatic rings. The summed E-state index contributed by atoms with van der Waals surface area (Å²) in [6.45, 7) is 0. The molecule has 1 aromatic carbocycles. The third-order valence-electron chi connectivity index (χ3n) is 4.12. The van der Waals surface area contributed by atoms with Gasteiger partial charge in [-0.05, 0) is 37.0 Å². The summed E-state index contributed by atoms with van der Waals surface area (Å²) >= 11 is 0. The van der Waals surface area contributed by atoms with Crippen molar-refractivity contribution < 1.29 is 22.4 Å². The molecule has 1 aromatic heterocycles. The second-order valence-electron chi connectivity index (χ2n) is 5.97. The molecule has 1 aliphatic rings. The maximum absolute atomic E-state index is 12.2. The summed E-state index contributed by atoms with van der Waals surface area (Å²) in [6, 6.07) is 6.31. The Kier molecular flexibility index (Phi) is 4.59. The molecule has 24 heavy (non-hydrogen) atoms. The zero-order valence-electron chi connectivity index (χ0n) is 12.9. The highest BCUT2D eigenvalue weighted by molar-refractivity contribution is 6.02. The van der Waals surface area contributed by atoms with Gasteiger partial charge in [0.1, 0.15) is 6.26 Å². The molecule has 4 nitrogen and oxygen atoms in total. The Bertz CT molecular complexity index is 703. The van der Waals surface area contributed by atoms with Gasteiger partial charge in [0, 0.05) is 18.0 Å². The first kappa shape index (κ1) is 16.5. The van der Waals surface area contributed by atoms with E-state index in [1.165, 1.54) is 6.26 Å². The van der Waals surface area contributed by atoms with Crippen LogP contribution < -0.4 is 5.32 Å². The second kappa shape index (κ2) is 6.67. The molecule has 1 saturated carbocycles. The summed E-state index contributed by atoms with van der Waals surface area (Å²) in [5, 5.41) is 2.66. The molecule has 1 heterocycles. The lowest BCUT2D eigenvalue weighted by atomic mass is 9.85. The van der Waals surface area contributed by atoms with Gasteiger partial charge in [0.05, 0.1) is 0 Å². The van der Waals surface area contributed by atoms with Crippen LogP contribution in [0.3, 0.4) is 0 Å². The summed E-state index contributed by atoms with van der Waals surface area (Å²) in [4.78, 5) is 16.3. The number of halogens is 3. The van der Waals surface area contributed by atoms with Crippen LogP contribution in [-0.2, 0) is 6.42 Å². The predicted molar refractivity (Wildman–Crippen MR) is 81.9 cm³/mol. The van der Waals surface area contributed by atoms with Gasteiger partial charge in [0.2, 0.25) is 0 Å². The van der Waals surface area contributed by atoms with E-state index in [9.17, 15) is 18.0 Å². The lowest BCUT2D eigenvalue weighted by Gasteiger charge is -2.21. The number of alkyl halides is 3. The molecule has 1 N–H and O–H groups in total. The number of carbonyl (C=O) groups is 1. The number of nitrogens with zero attached hydrogens (tertiary/aromatic N) is 1. The lowest BCUT2D eigenvalue weighted by molar-refractivity contribution is -0.133. The smallest absolute Gasteiger partial charge is 0.389 e. The molecule has 0 saturated heterocycles. The topological polar surface area (TPSA) is 55.1 Å². The van der Waals surface area contributed by atoms with Crippen molar-refractivity contribution in [1.82, 2.24) is 4.98 Å². The van der Waals surface area contributed by atoms with Gasteiger partial charge >= 0.3 is 6.18 Å². The monoisotopic (exact) mass is 338 g/mol. The third-order valence-corrected chi connectivity index (χ3v) is 4.12. The normalized spacial score (nSPS) is 15.1. The van der Waals surface area contributed by atoms with E-state index >= 15 is 0 Å². The van der Waals surface area contributed by atoms with Gasteiger partial charge in [0.15, 0.2) is 11.6 Å². The zero-order chi connectivity index (χ0) is 17.2. The Morgan fingerprint density at radius 2 is 1.96 bits per heavy atom. The molecule has 3 rings (SSSR count). The molecule has 0 unspecified atom stereocenters. The van der Waals surface area contributed by atoms with Crippen molar-refractivity contribution in [2.45, 2.75) is 44.2 Å². The zero-order valence-corrected chi connectivity index (χ0v) is 12.9. The molecule has 1 amide bonds. The van der Waals surface area contributed by atoms with Crippen molar-refractivity contribution in [1.29, 1.82) is 0 Å². The molecule has 0 aliphatic heterocycles. The average molecular weight is 338 g/mol. The first-order valence-electron chi connectivity index (χ1n) is 7.83. The van der Waals surface area contributed by atoms with Gasteiger partial charge in [-0.15, -0.1) is 0 Å². The number of nitrogens with one attached hydrogen (secondary N) is 1. The molecule has 0 radical (unpaired) electrons. The van der Waals surface area contributed by atoms with Crippen molar-refractivity contribution in [3.8, 4) is 0 Å². The lowest BCUT2D eigenvalue weighted by Crippen LogP contribution is -2.14. The highest BCUT2D eigenvalue weighted by atomic mass is 19.4. The van der Waals surface area contributed by atoms with E-state index in [2.05, 4.69) is 10.3 Å². The Hall–Kier alpha value is -2.31. The summed E-state index contributed by atoms with van der Waals surface area (Å²) < 4.78 is 41.9. The molecule has 0 atom stereocenters. The Balaban J connectivity index is 1.57. The second-order valence-corrected chi connectivity index (χ2v) is 5.97. The fourth-order valence-electron chi connectivity index (χ4n) is 2.47. The van der Waals surface area contributed by atoms with Crippen LogP contribution in [0.2, 0.25) is 0 Å². The molecule has 0 bridgehead atoms. The van der Waals surface area contributed by atoms with Crippen molar-refractivity contribution >= 4 is 11.6 Å². The predicted octanol–water partition coefficient (Wildman–Crippen LogP) is 4.69. The van der Waals surface area contributed by atoms with E-state index in [0.29, 0.717) is 23.1 Å². The van der Waals surface area contributed by atoms with Crippen LogP contribution >= 0.6 is 0 Å². The third kappa shape index (κ3) is 4.15. The van der Waals surface area contributed by atoms with Crippen LogP contribution in [-0.4, -0.2) is 17.1 Å². The van der Waals surface area contributed by atoms with Crippen molar-refractivity contribution in [3.05, 3.63) is 47.7 Å². The number of oxazole rings is 1. The standard InChI is InChI=1S/C17H17F3N2O2/c18-17(19,20)9-8-11-4-6-13(7-5-11)21-15(23)14-10-24-16(22-14)12-2-1-3-12/h4-7,10,12H,1-3,8-9H2,(H,21,23). The minimum atomic E-state index is -4.17. The highest BCUT2D eigenvalue weighted by Gasteiger charge is 2.27. The number of rotatable bonds is 5. The average Bonchev–Trinajstić information content (AvgIpc) is 2.93. The van der Waals surface area contributed by atoms with E-state index in [-0.39, 0.29) is 12.1 Å². The SMILES string of the molecule is O=C(Nc1ccc(CCC(F)(F)F)cc1)c1coc(C2CCC2)n1. The fraction of sp³-hybridized carbons (Fsp3) is 0.412. The molecule has 0 spiro atoms. The number of hydrogen-bond donors (Lipinski definition) is 1. The van der Waals surface area contributed by atoms with Crippen LogP contribution in [0.4, 0.5) is 18.9 Å². The molecule has 1 aliphatic carbocycles. The van der Waals surface area contributed by atoms with Crippen molar-refractivity contribution in [2.24, 2.45) is 0 Å². The summed E-state index contributed by atoms with van der Waals surface area (Å²) in [7, 11) is 0. The molecule has 128 valence electrons. The number of carbonyl (C=O) groups excluding carboxylic acids is 1. The molecular formula is C17H17F3N2O2. The summed E-state index contributed by atoms with van der Waals surface area (Å²) in [6.07, 6.45) is -0.566. The van der Waals surface area contributed by atoms with E-state index in [1.807, 2.05) is 0 Å². The van der Waals surface area contributed by atoms with Crippen LogP contribution in [0.25, 0.3) is 0 Å². The summed E-state index contributed by atoms with van der Waals surface area (Å²) in [5.74, 6) is 0.501. The summed E-state index contributed by atoms with van der Waals surface area (Å²) in [5.41, 5.74) is 1.28. The molecule has 1 fully saturated rings. The maximum atomic E-state index is 12.2. The first-order valence-corrected chi connectivity index (χ1v) is 7.83.